The number of para-hydroxylation sites is 1. The molecule has 1 fully saturated rings. The summed E-state index contributed by atoms with van der Waals surface area (Å²) in [5.41, 5.74) is 3.87. The fourth-order valence-electron chi connectivity index (χ4n) is 4.38. The maximum Gasteiger partial charge on any atom is 0.499 e. The van der Waals surface area contributed by atoms with Crippen molar-refractivity contribution in [1.29, 1.82) is 0 Å². The molecule has 0 saturated carbocycles. The number of carbonyl (C=O) groups is 1. The Hall–Kier alpha value is -4.72. The maximum atomic E-state index is 13.1. The van der Waals surface area contributed by atoms with E-state index >= 15 is 0 Å². The molecule has 14 heteroatoms. The van der Waals surface area contributed by atoms with Gasteiger partial charge >= 0.3 is 12.3 Å². The highest BCUT2D eigenvalue weighted by atomic mass is 32.2. The SMILES string of the molecule is C=C(N=C1SCC(=O)N1c1ccccc1C(C)C)NCc1ccc(-c2ncn(-c3ccc(OC(F)(F)C(F)(F)F)cc3)n2)cc1. The molecule has 0 radical (unpaired) electrons. The van der Waals surface area contributed by atoms with E-state index in [-0.39, 0.29) is 11.8 Å². The molecular weight excluding hydrogens is 615 g/mol. The molecule has 0 bridgehead atoms. The van der Waals surface area contributed by atoms with Crippen molar-refractivity contribution in [2.45, 2.75) is 38.6 Å². The van der Waals surface area contributed by atoms with Crippen molar-refractivity contribution in [3.63, 3.8) is 0 Å². The van der Waals surface area contributed by atoms with Gasteiger partial charge in [0.25, 0.3) is 0 Å². The normalized spacial score (nSPS) is 14.8. The second-order valence-electron chi connectivity index (χ2n) is 10.2. The first-order valence-electron chi connectivity index (χ1n) is 13.6. The number of nitrogens with zero attached hydrogens (tertiary/aromatic N) is 5. The highest BCUT2D eigenvalue weighted by molar-refractivity contribution is 8.15. The number of halogens is 5. The molecule has 0 aliphatic carbocycles. The standard InChI is InChI=1S/C31H27F5N6O2S/c1-19(2)25-6-4-5-7-26(25)42-27(43)17-45-29(42)39-20(3)37-16-21-8-10-22(11-9-21)28-38-18-41(40-28)23-12-14-24(15-13-23)44-31(35,36)30(32,33)34/h4-15,18-19,37H,3,16-17H2,1-2H3. The molecule has 0 spiro atoms. The van der Waals surface area contributed by atoms with Crippen LogP contribution < -0.4 is 15.0 Å². The fourth-order valence-corrected chi connectivity index (χ4v) is 5.27. The van der Waals surface area contributed by atoms with Gasteiger partial charge in [0.2, 0.25) is 5.91 Å². The minimum Gasteiger partial charge on any atom is -0.426 e. The van der Waals surface area contributed by atoms with Crippen LogP contribution in [0.25, 0.3) is 17.1 Å². The van der Waals surface area contributed by atoms with Gasteiger partial charge in [0.15, 0.2) is 11.0 Å². The Balaban J connectivity index is 1.20. The van der Waals surface area contributed by atoms with Crippen LogP contribution in [0, 0.1) is 0 Å². The van der Waals surface area contributed by atoms with Gasteiger partial charge in [0, 0.05) is 12.1 Å². The molecule has 0 atom stereocenters. The van der Waals surface area contributed by atoms with Crippen LogP contribution in [0.15, 0.2) is 96.5 Å². The average Bonchev–Trinajstić information content (AvgIpc) is 3.63. The van der Waals surface area contributed by atoms with E-state index < -0.39 is 18.0 Å². The first-order chi connectivity index (χ1) is 21.3. The highest BCUT2D eigenvalue weighted by Crippen LogP contribution is 2.37. The zero-order valence-electron chi connectivity index (χ0n) is 24.1. The molecule has 2 heterocycles. The van der Waals surface area contributed by atoms with Gasteiger partial charge in [-0.2, -0.15) is 22.0 Å². The Morgan fingerprint density at radius 2 is 1.73 bits per heavy atom. The Morgan fingerprint density at radius 3 is 2.40 bits per heavy atom. The summed E-state index contributed by atoms with van der Waals surface area (Å²) < 4.78 is 68.6. The van der Waals surface area contributed by atoms with Crippen molar-refractivity contribution in [3.8, 4) is 22.8 Å². The highest BCUT2D eigenvalue weighted by Gasteiger charge is 2.61. The van der Waals surface area contributed by atoms with Gasteiger partial charge in [-0.05, 0) is 47.4 Å². The second-order valence-corrected chi connectivity index (χ2v) is 11.2. The van der Waals surface area contributed by atoms with E-state index in [0.29, 0.717) is 40.4 Å². The number of anilines is 1. The van der Waals surface area contributed by atoms with Crippen molar-refractivity contribution >= 4 is 28.5 Å². The molecule has 45 heavy (non-hydrogen) atoms. The van der Waals surface area contributed by atoms with E-state index in [0.717, 1.165) is 28.9 Å². The molecule has 1 aliphatic heterocycles. The predicted molar refractivity (Wildman–Crippen MR) is 162 cm³/mol. The van der Waals surface area contributed by atoms with Crippen LogP contribution in [0.3, 0.4) is 0 Å². The lowest BCUT2D eigenvalue weighted by Gasteiger charge is -2.21. The smallest absolute Gasteiger partial charge is 0.426 e. The summed E-state index contributed by atoms with van der Waals surface area (Å²) in [6, 6.07) is 19.7. The van der Waals surface area contributed by atoms with Crippen LogP contribution in [-0.2, 0) is 11.3 Å². The maximum absolute atomic E-state index is 13.1. The number of amides is 1. The number of amidine groups is 1. The molecule has 0 unspecified atom stereocenters. The minimum absolute atomic E-state index is 0.0390. The van der Waals surface area contributed by atoms with Crippen LogP contribution in [0.4, 0.5) is 27.6 Å². The van der Waals surface area contributed by atoms with Crippen molar-refractivity contribution in [2.24, 2.45) is 4.99 Å². The van der Waals surface area contributed by atoms with Gasteiger partial charge in [-0.3, -0.25) is 9.69 Å². The van der Waals surface area contributed by atoms with Gasteiger partial charge in [-0.15, -0.1) is 5.10 Å². The van der Waals surface area contributed by atoms with Gasteiger partial charge in [-0.25, -0.2) is 14.7 Å². The van der Waals surface area contributed by atoms with E-state index in [1.165, 1.54) is 34.9 Å². The summed E-state index contributed by atoms with van der Waals surface area (Å²) in [5, 5.41) is 8.10. The van der Waals surface area contributed by atoms with E-state index in [1.54, 1.807) is 4.90 Å². The first kappa shape index (κ1) is 31.7. The van der Waals surface area contributed by atoms with Gasteiger partial charge in [-0.1, -0.05) is 74.7 Å². The van der Waals surface area contributed by atoms with Crippen LogP contribution in [0.2, 0.25) is 0 Å². The van der Waals surface area contributed by atoms with Gasteiger partial charge < -0.3 is 10.1 Å². The molecule has 1 N–H and O–H groups in total. The number of alkyl halides is 5. The zero-order valence-corrected chi connectivity index (χ0v) is 24.9. The molecule has 1 aromatic heterocycles. The van der Waals surface area contributed by atoms with Crippen LogP contribution >= 0.6 is 11.8 Å². The van der Waals surface area contributed by atoms with Gasteiger partial charge in [0.1, 0.15) is 17.9 Å². The van der Waals surface area contributed by atoms with Crippen LogP contribution in [0.1, 0.15) is 30.9 Å². The summed E-state index contributed by atoms with van der Waals surface area (Å²) in [4.78, 5) is 23.2. The number of nitrogens with one attached hydrogen (secondary N) is 1. The quantitative estimate of drug-likeness (QED) is 0.183. The summed E-state index contributed by atoms with van der Waals surface area (Å²) in [6.45, 7) is 8.58. The molecule has 4 aromatic rings. The number of hydrogen-bond donors (Lipinski definition) is 1. The molecule has 3 aromatic carbocycles. The molecule has 1 amide bonds. The summed E-state index contributed by atoms with van der Waals surface area (Å²) in [7, 11) is 0. The predicted octanol–water partition coefficient (Wildman–Crippen LogP) is 7.29. The largest absolute Gasteiger partial charge is 0.499 e. The second kappa shape index (κ2) is 12.7. The molecular formula is C31H27F5N6O2S. The Bertz CT molecular complexity index is 1720. The Labute approximate surface area is 259 Å². The minimum atomic E-state index is -5.83. The third-order valence-corrected chi connectivity index (χ3v) is 7.60. The van der Waals surface area contributed by atoms with E-state index in [9.17, 15) is 26.7 Å². The topological polar surface area (TPSA) is 84.6 Å². The van der Waals surface area contributed by atoms with Crippen LogP contribution in [0.5, 0.6) is 5.75 Å². The van der Waals surface area contributed by atoms with E-state index in [2.05, 4.69) is 45.6 Å². The van der Waals surface area contributed by atoms with Crippen LogP contribution in [-0.4, -0.2) is 43.9 Å². The number of rotatable bonds is 10. The third-order valence-electron chi connectivity index (χ3n) is 6.67. The lowest BCUT2D eigenvalue weighted by atomic mass is 10.0. The van der Waals surface area contributed by atoms with E-state index in [4.69, 9.17) is 0 Å². The number of benzene rings is 3. The zero-order chi connectivity index (χ0) is 32.4. The number of thioether (sulfide) groups is 1. The molecule has 8 nitrogen and oxygen atoms in total. The monoisotopic (exact) mass is 642 g/mol. The number of hydrogen-bond acceptors (Lipinski definition) is 7. The third kappa shape index (κ3) is 7.17. The van der Waals surface area contributed by atoms with Crippen molar-refractivity contribution in [3.05, 3.63) is 103 Å². The van der Waals surface area contributed by atoms with Gasteiger partial charge in [0.05, 0.1) is 17.1 Å². The molecule has 1 saturated heterocycles. The number of carbonyl (C=O) groups excluding carboxylic acids is 1. The molecule has 234 valence electrons. The average molecular weight is 643 g/mol. The summed E-state index contributed by atoms with van der Waals surface area (Å²) >= 11 is 1.36. The lowest BCUT2D eigenvalue weighted by Crippen LogP contribution is -2.41. The Kier molecular flexibility index (Phi) is 8.96. The fraction of sp³-hybridized carbons (Fsp3) is 0.226. The van der Waals surface area contributed by atoms with Crippen molar-refractivity contribution < 1.29 is 31.5 Å². The summed E-state index contributed by atoms with van der Waals surface area (Å²) in [5.74, 6) is 0.617. The van der Waals surface area contributed by atoms with Crippen molar-refractivity contribution in [2.75, 3.05) is 10.7 Å². The molecule has 5 rings (SSSR count). The lowest BCUT2D eigenvalue weighted by molar-refractivity contribution is -0.360. The number of aromatic nitrogens is 3. The van der Waals surface area contributed by atoms with E-state index in [1.807, 2.05) is 48.5 Å². The number of ether oxygens (including phenoxy) is 1. The Morgan fingerprint density at radius 1 is 1.04 bits per heavy atom. The summed E-state index contributed by atoms with van der Waals surface area (Å²) in [6.07, 6.45) is -9.75. The van der Waals surface area contributed by atoms with Crippen molar-refractivity contribution in [1.82, 2.24) is 20.1 Å². The number of aliphatic imine (C=N–C) groups is 1. The first-order valence-corrected chi connectivity index (χ1v) is 14.6. The molecule has 1 aliphatic rings.